The Hall–Kier alpha value is -2.74. The monoisotopic (exact) mass is 491 g/mol. The minimum Gasteiger partial charge on any atom is -0.491 e. The molecule has 3 aromatic rings. The summed E-state index contributed by atoms with van der Waals surface area (Å²) in [5.41, 5.74) is 4.27. The van der Waals surface area contributed by atoms with Gasteiger partial charge in [-0.1, -0.05) is 36.4 Å². The van der Waals surface area contributed by atoms with Crippen molar-refractivity contribution < 1.29 is 14.3 Å². The molecule has 1 fully saturated rings. The van der Waals surface area contributed by atoms with E-state index in [0.717, 1.165) is 53.8 Å². The number of piperidine rings is 1. The Morgan fingerprint density at radius 2 is 2.09 bits per heavy atom. The highest BCUT2D eigenvalue weighted by atomic mass is 32.1. The van der Waals surface area contributed by atoms with Gasteiger partial charge in [0.1, 0.15) is 17.4 Å². The summed E-state index contributed by atoms with van der Waals surface area (Å²) in [7, 11) is 1.79. The molecular weight excluding hydrogens is 458 g/mol. The molecule has 0 saturated carbocycles. The van der Waals surface area contributed by atoms with E-state index in [9.17, 15) is 4.79 Å². The molecule has 2 aliphatic rings. The standard InChI is InChI=1S/C28H33N3O3S/c1-33-19-22-6-5-11-30(17-22)16-21-9-10-26-24(14-21)18-31(12-13-34-26)27(32)15-25-20-35-28(29-25)23-7-3-2-4-8-23/h2-4,7-10,14,20,22H,5-6,11-13,15-19H2,1H3. The van der Waals surface area contributed by atoms with E-state index in [1.165, 1.54) is 18.4 Å². The summed E-state index contributed by atoms with van der Waals surface area (Å²) in [6, 6.07) is 16.6. The van der Waals surface area contributed by atoms with Crippen molar-refractivity contribution in [3.8, 4) is 16.3 Å². The molecule has 6 nitrogen and oxygen atoms in total. The minimum absolute atomic E-state index is 0.0928. The summed E-state index contributed by atoms with van der Waals surface area (Å²) in [6.07, 6.45) is 2.77. The summed E-state index contributed by atoms with van der Waals surface area (Å²) in [6.45, 7) is 5.62. The Bertz CT molecular complexity index is 1130. The largest absolute Gasteiger partial charge is 0.491 e. The third kappa shape index (κ3) is 6.10. The van der Waals surface area contributed by atoms with Gasteiger partial charge < -0.3 is 14.4 Å². The number of carbonyl (C=O) groups excluding carboxylic acids is 1. The van der Waals surface area contributed by atoms with Gasteiger partial charge in [0, 0.05) is 43.3 Å². The van der Waals surface area contributed by atoms with Crippen LogP contribution in [0.15, 0.2) is 53.9 Å². The molecule has 5 rings (SSSR count). The number of thiazole rings is 1. The van der Waals surface area contributed by atoms with E-state index in [4.69, 9.17) is 14.5 Å². The van der Waals surface area contributed by atoms with Crippen LogP contribution in [0.1, 0.15) is 29.7 Å². The van der Waals surface area contributed by atoms with E-state index >= 15 is 0 Å². The smallest absolute Gasteiger partial charge is 0.229 e. The van der Waals surface area contributed by atoms with E-state index in [-0.39, 0.29) is 5.91 Å². The van der Waals surface area contributed by atoms with Crippen LogP contribution in [0, 0.1) is 5.92 Å². The average molecular weight is 492 g/mol. The summed E-state index contributed by atoms with van der Waals surface area (Å²) >= 11 is 1.59. The first kappa shape index (κ1) is 24.0. The lowest BCUT2D eigenvalue weighted by atomic mass is 9.98. The van der Waals surface area contributed by atoms with Crippen molar-refractivity contribution >= 4 is 17.2 Å². The third-order valence-electron chi connectivity index (χ3n) is 6.77. The molecule has 0 aliphatic carbocycles. The number of carbonyl (C=O) groups is 1. The number of fused-ring (bicyclic) bond motifs is 1. The normalized spacial score (nSPS) is 18.5. The number of hydrogen-bond acceptors (Lipinski definition) is 6. The zero-order valence-corrected chi connectivity index (χ0v) is 21.1. The van der Waals surface area contributed by atoms with Gasteiger partial charge in [-0.15, -0.1) is 11.3 Å². The fourth-order valence-electron chi connectivity index (χ4n) is 5.05. The highest BCUT2D eigenvalue weighted by Crippen LogP contribution is 2.27. The number of benzene rings is 2. The Morgan fingerprint density at radius 1 is 1.20 bits per heavy atom. The molecule has 3 heterocycles. The van der Waals surface area contributed by atoms with Crippen LogP contribution in [-0.2, 0) is 29.0 Å². The van der Waals surface area contributed by atoms with Gasteiger partial charge >= 0.3 is 0 Å². The molecule has 1 unspecified atom stereocenters. The lowest BCUT2D eigenvalue weighted by Crippen LogP contribution is -2.36. The predicted molar refractivity (Wildman–Crippen MR) is 138 cm³/mol. The predicted octanol–water partition coefficient (Wildman–Crippen LogP) is 4.63. The fourth-order valence-corrected chi connectivity index (χ4v) is 5.88. The van der Waals surface area contributed by atoms with Crippen molar-refractivity contribution in [2.75, 3.05) is 40.0 Å². The molecule has 0 radical (unpaired) electrons. The van der Waals surface area contributed by atoms with E-state index in [1.54, 1.807) is 18.4 Å². The molecule has 1 amide bonds. The maximum Gasteiger partial charge on any atom is 0.229 e. The fraction of sp³-hybridized carbons (Fsp3) is 0.429. The van der Waals surface area contributed by atoms with Crippen molar-refractivity contribution in [1.29, 1.82) is 0 Å². The third-order valence-corrected chi connectivity index (χ3v) is 7.71. The number of amides is 1. The van der Waals surface area contributed by atoms with E-state index < -0.39 is 0 Å². The SMILES string of the molecule is COCC1CCCN(Cc2ccc3c(c2)CN(C(=O)Cc2csc(-c4ccccc4)n2)CCO3)C1. The van der Waals surface area contributed by atoms with Crippen LogP contribution in [0.4, 0.5) is 0 Å². The number of methoxy groups -OCH3 is 1. The molecule has 0 bridgehead atoms. The molecule has 35 heavy (non-hydrogen) atoms. The Kier molecular flexibility index (Phi) is 7.76. The Morgan fingerprint density at radius 3 is 2.94 bits per heavy atom. The minimum atomic E-state index is 0.0928. The van der Waals surface area contributed by atoms with Crippen LogP contribution in [0.5, 0.6) is 5.75 Å². The van der Waals surface area contributed by atoms with Crippen LogP contribution >= 0.6 is 11.3 Å². The molecule has 2 aliphatic heterocycles. The van der Waals surface area contributed by atoms with Gasteiger partial charge in [0.15, 0.2) is 0 Å². The summed E-state index contributed by atoms with van der Waals surface area (Å²) in [5, 5.41) is 2.95. The molecule has 1 saturated heterocycles. The van der Waals surface area contributed by atoms with Crippen molar-refractivity contribution in [3.05, 3.63) is 70.7 Å². The van der Waals surface area contributed by atoms with Crippen molar-refractivity contribution in [1.82, 2.24) is 14.8 Å². The van der Waals surface area contributed by atoms with Gasteiger partial charge in [-0.3, -0.25) is 9.69 Å². The van der Waals surface area contributed by atoms with Gasteiger partial charge in [0.25, 0.3) is 0 Å². The van der Waals surface area contributed by atoms with Gasteiger partial charge in [-0.05, 0) is 43.0 Å². The topological polar surface area (TPSA) is 54.9 Å². The quantitative estimate of drug-likeness (QED) is 0.482. The summed E-state index contributed by atoms with van der Waals surface area (Å²) in [5.74, 6) is 1.59. The number of hydrogen-bond donors (Lipinski definition) is 0. The zero-order valence-electron chi connectivity index (χ0n) is 20.3. The highest BCUT2D eigenvalue weighted by molar-refractivity contribution is 7.13. The first-order valence-electron chi connectivity index (χ1n) is 12.4. The molecule has 7 heteroatoms. The van der Waals surface area contributed by atoms with Crippen LogP contribution in [-0.4, -0.2) is 60.6 Å². The summed E-state index contributed by atoms with van der Waals surface area (Å²) < 4.78 is 11.4. The first-order chi connectivity index (χ1) is 17.2. The summed E-state index contributed by atoms with van der Waals surface area (Å²) in [4.78, 5) is 22.3. The number of likely N-dealkylation sites (tertiary alicyclic amines) is 1. The van der Waals surface area contributed by atoms with E-state index in [0.29, 0.717) is 32.0 Å². The van der Waals surface area contributed by atoms with Gasteiger partial charge in [-0.25, -0.2) is 4.98 Å². The molecule has 1 atom stereocenters. The number of ether oxygens (including phenoxy) is 2. The van der Waals surface area contributed by atoms with Gasteiger partial charge in [-0.2, -0.15) is 0 Å². The maximum atomic E-state index is 13.2. The lowest BCUT2D eigenvalue weighted by molar-refractivity contribution is -0.131. The molecule has 2 aromatic carbocycles. The lowest BCUT2D eigenvalue weighted by Gasteiger charge is -2.32. The molecule has 184 valence electrons. The van der Waals surface area contributed by atoms with Crippen LogP contribution in [0.25, 0.3) is 10.6 Å². The van der Waals surface area contributed by atoms with E-state index in [2.05, 4.69) is 23.1 Å². The second kappa shape index (κ2) is 11.3. The van der Waals surface area contributed by atoms with Crippen LogP contribution in [0.3, 0.4) is 0 Å². The van der Waals surface area contributed by atoms with Crippen molar-refractivity contribution in [2.24, 2.45) is 5.92 Å². The average Bonchev–Trinajstić information content (AvgIpc) is 3.23. The Labute approximate surface area is 211 Å². The van der Waals surface area contributed by atoms with Crippen molar-refractivity contribution in [3.63, 3.8) is 0 Å². The number of nitrogens with zero attached hydrogens (tertiary/aromatic N) is 3. The van der Waals surface area contributed by atoms with Gasteiger partial charge in [0.2, 0.25) is 5.91 Å². The molecule has 0 N–H and O–H groups in total. The second-order valence-corrected chi connectivity index (χ2v) is 10.3. The number of aromatic nitrogens is 1. The first-order valence-corrected chi connectivity index (χ1v) is 13.3. The molecular formula is C28H33N3O3S. The molecule has 1 aromatic heterocycles. The zero-order chi connectivity index (χ0) is 24.0. The van der Waals surface area contributed by atoms with Gasteiger partial charge in [0.05, 0.1) is 25.3 Å². The molecule has 0 spiro atoms. The van der Waals surface area contributed by atoms with Crippen molar-refractivity contribution in [2.45, 2.75) is 32.4 Å². The van der Waals surface area contributed by atoms with E-state index in [1.807, 2.05) is 40.6 Å². The van der Waals surface area contributed by atoms with Crippen LogP contribution < -0.4 is 4.74 Å². The Balaban J connectivity index is 1.23. The number of rotatable bonds is 7. The second-order valence-electron chi connectivity index (χ2n) is 9.49. The van der Waals surface area contributed by atoms with Crippen LogP contribution in [0.2, 0.25) is 0 Å². The highest BCUT2D eigenvalue weighted by Gasteiger charge is 2.23. The maximum absolute atomic E-state index is 13.2.